The first-order chi connectivity index (χ1) is 16.4. The van der Waals surface area contributed by atoms with E-state index in [2.05, 4.69) is 15.5 Å². The number of aromatic nitrogens is 2. The monoisotopic (exact) mass is 478 g/mol. The molecule has 0 bridgehead atoms. The van der Waals surface area contributed by atoms with Crippen LogP contribution in [0, 0.1) is 17.5 Å². The topological polar surface area (TPSA) is 54.2 Å². The van der Waals surface area contributed by atoms with Crippen LogP contribution in [0.3, 0.4) is 0 Å². The van der Waals surface area contributed by atoms with Crippen LogP contribution in [0.5, 0.6) is 0 Å². The number of benzene rings is 3. The SMILES string of the molecule is CC1=C(c2nc(-c3ccccc3)no2)C(c2ccc(F)cc2)NC(=S)N1c1ccc(F)c(F)c1. The van der Waals surface area contributed by atoms with Gasteiger partial charge in [0, 0.05) is 17.3 Å². The van der Waals surface area contributed by atoms with E-state index < -0.39 is 17.7 Å². The first-order valence-electron chi connectivity index (χ1n) is 10.3. The van der Waals surface area contributed by atoms with Crippen LogP contribution >= 0.6 is 12.2 Å². The van der Waals surface area contributed by atoms with Gasteiger partial charge >= 0.3 is 0 Å². The minimum Gasteiger partial charge on any atom is -0.351 e. The molecule has 34 heavy (non-hydrogen) atoms. The van der Waals surface area contributed by atoms with Gasteiger partial charge in [0.25, 0.3) is 5.89 Å². The summed E-state index contributed by atoms with van der Waals surface area (Å²) in [5, 5.41) is 7.56. The number of allylic oxidation sites excluding steroid dienone is 1. The summed E-state index contributed by atoms with van der Waals surface area (Å²) in [5.41, 5.74) is 2.95. The molecule has 1 atom stereocenters. The molecule has 0 saturated heterocycles. The maximum Gasteiger partial charge on any atom is 0.258 e. The second kappa shape index (κ2) is 8.75. The fraction of sp³-hybridized carbons (Fsp3) is 0.0800. The van der Waals surface area contributed by atoms with Crippen molar-refractivity contribution in [2.75, 3.05) is 4.90 Å². The molecule has 9 heteroatoms. The van der Waals surface area contributed by atoms with E-state index in [0.29, 0.717) is 28.3 Å². The van der Waals surface area contributed by atoms with Gasteiger partial charge in [-0.1, -0.05) is 47.6 Å². The highest BCUT2D eigenvalue weighted by Crippen LogP contribution is 2.39. The lowest BCUT2D eigenvalue weighted by Gasteiger charge is -2.37. The zero-order valence-corrected chi connectivity index (χ0v) is 18.6. The Balaban J connectivity index is 1.66. The van der Waals surface area contributed by atoms with Crippen molar-refractivity contribution in [3.8, 4) is 11.4 Å². The number of hydrogen-bond donors (Lipinski definition) is 1. The van der Waals surface area contributed by atoms with Gasteiger partial charge in [0.05, 0.1) is 17.3 Å². The van der Waals surface area contributed by atoms with Crippen LogP contribution < -0.4 is 10.2 Å². The summed E-state index contributed by atoms with van der Waals surface area (Å²) in [7, 11) is 0. The zero-order chi connectivity index (χ0) is 23.8. The van der Waals surface area contributed by atoms with Gasteiger partial charge in [0.15, 0.2) is 16.7 Å². The molecule has 0 aliphatic carbocycles. The lowest BCUT2D eigenvalue weighted by atomic mass is 9.94. The third-order valence-corrected chi connectivity index (χ3v) is 5.84. The van der Waals surface area contributed by atoms with Crippen molar-refractivity contribution in [2.45, 2.75) is 13.0 Å². The molecule has 0 fully saturated rings. The summed E-state index contributed by atoms with van der Waals surface area (Å²) < 4.78 is 46.8. The first-order valence-corrected chi connectivity index (χ1v) is 10.7. The molecule has 1 aromatic heterocycles. The van der Waals surface area contributed by atoms with Crippen molar-refractivity contribution < 1.29 is 17.7 Å². The van der Waals surface area contributed by atoms with Crippen LogP contribution in [-0.2, 0) is 0 Å². The molecular weight excluding hydrogens is 461 g/mol. The van der Waals surface area contributed by atoms with Crippen LogP contribution in [0.2, 0.25) is 0 Å². The Bertz CT molecular complexity index is 1400. The molecule has 4 aromatic rings. The molecule has 0 saturated carbocycles. The van der Waals surface area contributed by atoms with Crippen LogP contribution in [0.1, 0.15) is 24.4 Å². The Morgan fingerprint density at radius 3 is 2.38 bits per heavy atom. The number of rotatable bonds is 4. The number of halogens is 3. The molecule has 170 valence electrons. The second-order valence-electron chi connectivity index (χ2n) is 7.66. The van der Waals surface area contributed by atoms with Crippen LogP contribution in [0.15, 0.2) is 83.0 Å². The molecule has 5 nitrogen and oxygen atoms in total. The number of anilines is 1. The molecule has 1 N–H and O–H groups in total. The van der Waals surface area contributed by atoms with Crippen molar-refractivity contribution in [1.29, 1.82) is 0 Å². The zero-order valence-electron chi connectivity index (χ0n) is 17.8. The van der Waals surface area contributed by atoms with Crippen molar-refractivity contribution >= 4 is 28.6 Å². The average Bonchev–Trinajstić information content (AvgIpc) is 3.32. The standard InChI is InChI=1S/C25H17F3N4OS/c1-14-21(24-30-23(31-33-24)16-5-3-2-4-6-16)22(15-7-9-17(26)10-8-15)29-25(34)32(14)18-11-12-19(27)20(28)13-18/h2-13,22H,1H3,(H,29,34). The Kier molecular flexibility index (Phi) is 5.62. The van der Waals surface area contributed by atoms with Crippen LogP contribution in [-0.4, -0.2) is 15.3 Å². The van der Waals surface area contributed by atoms with Crippen LogP contribution in [0.4, 0.5) is 18.9 Å². The molecular formula is C25H17F3N4OS. The summed E-state index contributed by atoms with van der Waals surface area (Å²) in [6.45, 7) is 1.77. The predicted molar refractivity (Wildman–Crippen MR) is 126 cm³/mol. The number of hydrogen-bond acceptors (Lipinski definition) is 4. The predicted octanol–water partition coefficient (Wildman–Crippen LogP) is 6.02. The molecule has 1 aliphatic rings. The third kappa shape index (κ3) is 3.94. The smallest absolute Gasteiger partial charge is 0.258 e. The van der Waals surface area contributed by atoms with E-state index in [1.54, 1.807) is 24.0 Å². The maximum atomic E-state index is 14.0. The minimum atomic E-state index is -1.00. The quantitative estimate of drug-likeness (QED) is 0.362. The first kappa shape index (κ1) is 21.8. The summed E-state index contributed by atoms with van der Waals surface area (Å²) in [6, 6.07) is 18.3. The molecule has 0 amide bonds. The van der Waals surface area contributed by atoms with E-state index in [1.807, 2.05) is 30.3 Å². The van der Waals surface area contributed by atoms with Gasteiger partial charge in [0.1, 0.15) is 5.82 Å². The average molecular weight is 478 g/mol. The van der Waals surface area contributed by atoms with E-state index >= 15 is 0 Å². The van der Waals surface area contributed by atoms with Crippen molar-refractivity contribution in [3.05, 3.63) is 107 Å². The van der Waals surface area contributed by atoms with E-state index in [9.17, 15) is 13.2 Å². The van der Waals surface area contributed by atoms with Gasteiger partial charge < -0.3 is 9.84 Å². The second-order valence-corrected chi connectivity index (χ2v) is 8.04. The van der Waals surface area contributed by atoms with Gasteiger partial charge in [-0.25, -0.2) is 13.2 Å². The minimum absolute atomic E-state index is 0.216. The summed E-state index contributed by atoms with van der Waals surface area (Å²) >= 11 is 5.57. The normalized spacial score (nSPS) is 16.1. The van der Waals surface area contributed by atoms with Gasteiger partial charge in [-0.2, -0.15) is 4.98 Å². The molecule has 1 unspecified atom stereocenters. The Hall–Kier alpha value is -3.98. The largest absolute Gasteiger partial charge is 0.351 e. The maximum absolute atomic E-state index is 14.0. The Labute approximate surface area is 198 Å². The lowest BCUT2D eigenvalue weighted by molar-refractivity contribution is 0.404. The van der Waals surface area contributed by atoms with E-state index in [1.165, 1.54) is 18.2 Å². The molecule has 1 aliphatic heterocycles. The Morgan fingerprint density at radius 2 is 1.68 bits per heavy atom. The van der Waals surface area contributed by atoms with E-state index in [-0.39, 0.29) is 16.8 Å². The summed E-state index contributed by atoms with van der Waals surface area (Å²) in [5.74, 6) is -1.74. The Morgan fingerprint density at radius 1 is 0.941 bits per heavy atom. The lowest BCUT2D eigenvalue weighted by Crippen LogP contribution is -2.46. The number of thiocarbonyl (C=S) groups is 1. The van der Waals surface area contributed by atoms with Crippen LogP contribution in [0.25, 0.3) is 17.0 Å². The van der Waals surface area contributed by atoms with Gasteiger partial charge in [0.2, 0.25) is 5.82 Å². The van der Waals surface area contributed by atoms with Gasteiger partial charge in [-0.3, -0.25) is 4.90 Å². The highest BCUT2D eigenvalue weighted by molar-refractivity contribution is 7.80. The van der Waals surface area contributed by atoms with E-state index in [0.717, 1.165) is 17.7 Å². The fourth-order valence-electron chi connectivity index (χ4n) is 3.90. The van der Waals surface area contributed by atoms with Gasteiger partial charge in [-0.15, -0.1) is 0 Å². The molecule has 0 spiro atoms. The van der Waals surface area contributed by atoms with Crippen molar-refractivity contribution in [1.82, 2.24) is 15.5 Å². The van der Waals surface area contributed by atoms with E-state index in [4.69, 9.17) is 16.7 Å². The third-order valence-electron chi connectivity index (χ3n) is 5.54. The molecule has 5 rings (SSSR count). The molecule has 0 radical (unpaired) electrons. The fourth-order valence-corrected chi connectivity index (χ4v) is 4.26. The summed E-state index contributed by atoms with van der Waals surface area (Å²) in [4.78, 5) is 6.15. The van der Waals surface area contributed by atoms with Gasteiger partial charge in [-0.05, 0) is 49.0 Å². The molecule has 3 aromatic carbocycles. The number of nitrogens with one attached hydrogen (secondary N) is 1. The van der Waals surface area contributed by atoms with Crippen molar-refractivity contribution in [2.24, 2.45) is 0 Å². The molecule has 2 heterocycles. The number of nitrogens with zero attached hydrogens (tertiary/aromatic N) is 3. The van der Waals surface area contributed by atoms with Crippen molar-refractivity contribution in [3.63, 3.8) is 0 Å². The highest BCUT2D eigenvalue weighted by Gasteiger charge is 2.35. The highest BCUT2D eigenvalue weighted by atomic mass is 32.1. The summed E-state index contributed by atoms with van der Waals surface area (Å²) in [6.07, 6.45) is 0.